The van der Waals surface area contributed by atoms with Crippen LogP contribution in [0.2, 0.25) is 0 Å². The summed E-state index contributed by atoms with van der Waals surface area (Å²) in [6.45, 7) is 2.92. The topological polar surface area (TPSA) is 64.4 Å². The molecule has 0 fully saturated rings. The van der Waals surface area contributed by atoms with Gasteiger partial charge in [-0.2, -0.15) is 0 Å². The van der Waals surface area contributed by atoms with Crippen LogP contribution in [-0.4, -0.2) is 17.5 Å². The number of halogens is 1. The summed E-state index contributed by atoms with van der Waals surface area (Å²) in [6.07, 6.45) is 2.33. The Morgan fingerprint density at radius 2 is 1.89 bits per heavy atom. The average Bonchev–Trinajstić information content (AvgIpc) is 3.16. The fraction of sp³-hybridized carbons (Fsp3) is 0.238. The number of nitrogens with zero attached hydrogens (tertiary/aromatic N) is 1. The molecule has 1 N–H and O–H groups in total. The van der Waals surface area contributed by atoms with Crippen LogP contribution in [0.3, 0.4) is 0 Å². The summed E-state index contributed by atoms with van der Waals surface area (Å²) in [6, 6.07) is 13.6. The van der Waals surface area contributed by atoms with Crippen molar-refractivity contribution in [2.24, 2.45) is 0 Å². The van der Waals surface area contributed by atoms with Gasteiger partial charge in [-0.25, -0.2) is 9.37 Å². The van der Waals surface area contributed by atoms with Gasteiger partial charge in [-0.15, -0.1) is 0 Å². The molecule has 3 rings (SSSR count). The van der Waals surface area contributed by atoms with Crippen LogP contribution in [0.5, 0.6) is 5.75 Å². The summed E-state index contributed by atoms with van der Waals surface area (Å²) in [4.78, 5) is 16.2. The monoisotopic (exact) mass is 368 g/mol. The van der Waals surface area contributed by atoms with E-state index in [0.717, 1.165) is 16.9 Å². The molecule has 0 aliphatic carbocycles. The summed E-state index contributed by atoms with van der Waals surface area (Å²) in [5.41, 5.74) is 1.75. The summed E-state index contributed by atoms with van der Waals surface area (Å²) in [7, 11) is 0. The van der Waals surface area contributed by atoms with Crippen LogP contribution in [0.4, 0.5) is 4.39 Å². The second-order valence-corrected chi connectivity index (χ2v) is 5.98. The van der Waals surface area contributed by atoms with Gasteiger partial charge >= 0.3 is 0 Å². The molecular formula is C21H21FN2O3. The second kappa shape index (κ2) is 8.98. The number of carbonyl (C=O) groups is 1. The van der Waals surface area contributed by atoms with Gasteiger partial charge in [0.25, 0.3) is 0 Å². The maximum Gasteiger partial charge on any atom is 0.220 e. The van der Waals surface area contributed by atoms with E-state index in [0.29, 0.717) is 31.2 Å². The Labute approximate surface area is 157 Å². The Kier molecular flexibility index (Phi) is 6.20. The summed E-state index contributed by atoms with van der Waals surface area (Å²) in [5.74, 6) is 1.56. The molecule has 27 heavy (non-hydrogen) atoms. The smallest absolute Gasteiger partial charge is 0.220 e. The highest BCUT2D eigenvalue weighted by atomic mass is 19.1. The average molecular weight is 368 g/mol. The molecule has 2 aromatic carbocycles. The molecule has 0 radical (unpaired) electrons. The summed E-state index contributed by atoms with van der Waals surface area (Å²) in [5, 5.41) is 2.80. The summed E-state index contributed by atoms with van der Waals surface area (Å²) >= 11 is 0. The molecular weight excluding hydrogens is 347 g/mol. The number of carbonyl (C=O) groups excluding carboxylic acids is 1. The molecule has 0 saturated heterocycles. The lowest BCUT2D eigenvalue weighted by atomic mass is 10.2. The number of aromatic nitrogens is 1. The molecule has 1 amide bonds. The number of hydrogen-bond donors (Lipinski definition) is 1. The van der Waals surface area contributed by atoms with Crippen molar-refractivity contribution in [2.75, 3.05) is 6.61 Å². The van der Waals surface area contributed by atoms with E-state index >= 15 is 0 Å². The van der Waals surface area contributed by atoms with Gasteiger partial charge in [0.2, 0.25) is 5.91 Å². The van der Waals surface area contributed by atoms with Crippen LogP contribution in [-0.2, 0) is 17.8 Å². The first kappa shape index (κ1) is 18.6. The minimum Gasteiger partial charge on any atom is -0.494 e. The number of oxazole rings is 1. The highest BCUT2D eigenvalue weighted by molar-refractivity contribution is 5.76. The zero-order valence-corrected chi connectivity index (χ0v) is 15.1. The molecule has 1 heterocycles. The number of aryl methyl sites for hydroxylation is 1. The van der Waals surface area contributed by atoms with E-state index in [-0.39, 0.29) is 18.1 Å². The van der Waals surface area contributed by atoms with E-state index in [4.69, 9.17) is 9.15 Å². The van der Waals surface area contributed by atoms with Crippen molar-refractivity contribution >= 4 is 5.91 Å². The molecule has 0 bridgehead atoms. The van der Waals surface area contributed by atoms with Crippen molar-refractivity contribution in [3.63, 3.8) is 0 Å². The van der Waals surface area contributed by atoms with Gasteiger partial charge in [0.1, 0.15) is 11.6 Å². The molecule has 0 aliphatic rings. The fourth-order valence-corrected chi connectivity index (χ4v) is 2.55. The maximum absolute atomic E-state index is 12.9. The molecule has 0 spiro atoms. The quantitative estimate of drug-likeness (QED) is 0.649. The zero-order valence-electron chi connectivity index (χ0n) is 15.1. The molecule has 140 valence electrons. The molecule has 5 nitrogen and oxygen atoms in total. The van der Waals surface area contributed by atoms with Crippen LogP contribution < -0.4 is 10.1 Å². The van der Waals surface area contributed by atoms with E-state index in [1.807, 2.05) is 31.2 Å². The lowest BCUT2D eigenvalue weighted by Crippen LogP contribution is -2.23. The van der Waals surface area contributed by atoms with Crippen molar-refractivity contribution in [3.8, 4) is 17.1 Å². The minimum atomic E-state index is -0.294. The van der Waals surface area contributed by atoms with E-state index < -0.39 is 0 Å². The van der Waals surface area contributed by atoms with Crippen molar-refractivity contribution in [1.29, 1.82) is 0 Å². The predicted molar refractivity (Wildman–Crippen MR) is 99.7 cm³/mol. The number of hydrogen-bond acceptors (Lipinski definition) is 4. The molecule has 0 unspecified atom stereocenters. The third kappa shape index (κ3) is 5.41. The van der Waals surface area contributed by atoms with Gasteiger partial charge in [0.15, 0.2) is 11.7 Å². The van der Waals surface area contributed by atoms with Crippen molar-refractivity contribution in [3.05, 3.63) is 72.0 Å². The first-order valence-electron chi connectivity index (χ1n) is 8.83. The van der Waals surface area contributed by atoms with Gasteiger partial charge in [0, 0.05) is 24.9 Å². The van der Waals surface area contributed by atoms with Crippen molar-refractivity contribution in [1.82, 2.24) is 10.3 Å². The van der Waals surface area contributed by atoms with Gasteiger partial charge in [-0.3, -0.25) is 4.79 Å². The van der Waals surface area contributed by atoms with E-state index in [9.17, 15) is 9.18 Å². The Morgan fingerprint density at radius 3 is 2.59 bits per heavy atom. The Hall–Kier alpha value is -3.15. The maximum atomic E-state index is 12.9. The first-order valence-corrected chi connectivity index (χ1v) is 8.83. The highest BCUT2D eigenvalue weighted by Crippen LogP contribution is 2.23. The van der Waals surface area contributed by atoms with E-state index in [2.05, 4.69) is 10.3 Å². The molecule has 6 heteroatoms. The number of ether oxygens (including phenoxy) is 1. The molecule has 1 aromatic heterocycles. The highest BCUT2D eigenvalue weighted by Gasteiger charge is 2.09. The number of amides is 1. The largest absolute Gasteiger partial charge is 0.494 e. The van der Waals surface area contributed by atoms with Crippen LogP contribution in [0.15, 0.2) is 59.1 Å². The Morgan fingerprint density at radius 1 is 1.15 bits per heavy atom. The minimum absolute atomic E-state index is 0.111. The van der Waals surface area contributed by atoms with E-state index in [1.165, 1.54) is 12.1 Å². The van der Waals surface area contributed by atoms with Crippen LogP contribution >= 0.6 is 0 Å². The van der Waals surface area contributed by atoms with Crippen LogP contribution in [0.1, 0.15) is 24.8 Å². The SMILES string of the molecule is CCOc1ccc(-c2cnc(CCC(=O)NCc3ccc(F)cc3)o2)cc1. The zero-order chi connectivity index (χ0) is 19.1. The third-order valence-electron chi connectivity index (χ3n) is 3.97. The lowest BCUT2D eigenvalue weighted by molar-refractivity contribution is -0.121. The number of rotatable bonds is 8. The van der Waals surface area contributed by atoms with Crippen molar-refractivity contribution < 1.29 is 18.3 Å². The van der Waals surface area contributed by atoms with Gasteiger partial charge < -0.3 is 14.5 Å². The Balaban J connectivity index is 1.48. The number of benzene rings is 2. The molecule has 3 aromatic rings. The van der Waals surface area contributed by atoms with Crippen molar-refractivity contribution in [2.45, 2.75) is 26.3 Å². The fourth-order valence-electron chi connectivity index (χ4n) is 2.55. The molecule has 0 atom stereocenters. The van der Waals surface area contributed by atoms with Gasteiger partial charge in [-0.1, -0.05) is 12.1 Å². The predicted octanol–water partition coefficient (Wildman–Crippen LogP) is 4.13. The van der Waals surface area contributed by atoms with E-state index in [1.54, 1.807) is 18.3 Å². The Bertz CT molecular complexity index is 873. The van der Waals surface area contributed by atoms with Crippen LogP contribution in [0.25, 0.3) is 11.3 Å². The third-order valence-corrected chi connectivity index (χ3v) is 3.97. The van der Waals surface area contributed by atoms with Gasteiger partial charge in [-0.05, 0) is 48.9 Å². The normalized spacial score (nSPS) is 10.6. The lowest BCUT2D eigenvalue weighted by Gasteiger charge is -2.04. The summed E-state index contributed by atoms with van der Waals surface area (Å²) < 4.78 is 24.0. The van der Waals surface area contributed by atoms with Crippen LogP contribution in [0, 0.1) is 5.82 Å². The number of nitrogens with one attached hydrogen (secondary N) is 1. The second-order valence-electron chi connectivity index (χ2n) is 5.98. The molecule has 0 saturated carbocycles. The first-order chi connectivity index (χ1) is 13.1. The molecule has 0 aliphatic heterocycles. The standard InChI is InChI=1S/C21H21FN2O3/c1-2-26-18-9-5-16(6-10-18)19-14-24-21(27-19)12-11-20(25)23-13-15-3-7-17(22)8-4-15/h3-10,14H,2,11-13H2,1H3,(H,23,25). The van der Waals surface area contributed by atoms with Gasteiger partial charge in [0.05, 0.1) is 12.8 Å².